The first-order valence-corrected chi connectivity index (χ1v) is 4.84. The summed E-state index contributed by atoms with van der Waals surface area (Å²) >= 11 is 0. The third-order valence-corrected chi connectivity index (χ3v) is 2.46. The van der Waals surface area contributed by atoms with Crippen molar-refractivity contribution < 1.29 is 26.3 Å². The maximum atomic E-state index is 13.4. The zero-order valence-electron chi connectivity index (χ0n) is 8.33. The molecule has 0 radical (unpaired) electrons. The quantitative estimate of drug-likeness (QED) is 0.533. The highest BCUT2D eigenvalue weighted by Crippen LogP contribution is 2.35. The summed E-state index contributed by atoms with van der Waals surface area (Å²) in [7, 11) is 0. The summed E-state index contributed by atoms with van der Waals surface area (Å²) in [6.45, 7) is 0.155. The van der Waals surface area contributed by atoms with Gasteiger partial charge in [-0.2, -0.15) is 22.0 Å². The Bertz CT molecular complexity index is 262. The molecule has 1 aliphatic heterocycles. The van der Waals surface area contributed by atoms with Crippen LogP contribution in [0.1, 0.15) is 19.3 Å². The maximum Gasteiger partial charge on any atom is 0.421 e. The number of hydrogen-bond acceptors (Lipinski definition) is 1. The summed E-state index contributed by atoms with van der Waals surface area (Å²) in [4.78, 5) is 0.797. The molecule has 0 bridgehead atoms. The number of nitrogens with zero attached hydrogens (tertiary/aromatic N) is 1. The summed E-state index contributed by atoms with van der Waals surface area (Å²) in [5.74, 6) is 0. The van der Waals surface area contributed by atoms with Crippen LogP contribution in [0.4, 0.5) is 26.3 Å². The van der Waals surface area contributed by atoms with Crippen molar-refractivity contribution in [3.63, 3.8) is 0 Å². The van der Waals surface area contributed by atoms with E-state index in [0.29, 0.717) is 12.8 Å². The van der Waals surface area contributed by atoms with Crippen LogP contribution in [0, 0.1) is 0 Å². The first kappa shape index (κ1) is 13.3. The van der Waals surface area contributed by atoms with Gasteiger partial charge in [0.15, 0.2) is 6.30 Å². The Morgan fingerprint density at radius 2 is 1.50 bits per heavy atom. The van der Waals surface area contributed by atoms with Gasteiger partial charge in [-0.1, -0.05) is 6.42 Å². The normalized spacial score (nSPS) is 20.6. The van der Waals surface area contributed by atoms with Gasteiger partial charge < -0.3 is 0 Å². The molecular formula is C9H11F6N. The molecule has 1 fully saturated rings. The van der Waals surface area contributed by atoms with Crippen molar-refractivity contribution in [2.45, 2.75) is 31.7 Å². The van der Waals surface area contributed by atoms with Crippen LogP contribution in [0.25, 0.3) is 0 Å². The highest BCUT2D eigenvalue weighted by Gasteiger charge is 2.45. The highest BCUT2D eigenvalue weighted by molar-refractivity contribution is 5.15. The van der Waals surface area contributed by atoms with Gasteiger partial charge in [-0.3, -0.25) is 4.90 Å². The Labute approximate surface area is 88.7 Å². The van der Waals surface area contributed by atoms with Crippen molar-refractivity contribution in [3.8, 4) is 0 Å². The second-order valence-corrected chi connectivity index (χ2v) is 3.60. The Morgan fingerprint density at radius 3 is 1.88 bits per heavy atom. The summed E-state index contributed by atoms with van der Waals surface area (Å²) in [6, 6.07) is 0. The lowest BCUT2D eigenvalue weighted by Gasteiger charge is -2.30. The van der Waals surface area contributed by atoms with Gasteiger partial charge in [-0.05, 0) is 12.8 Å². The zero-order valence-corrected chi connectivity index (χ0v) is 8.33. The van der Waals surface area contributed by atoms with Gasteiger partial charge in [0.25, 0.3) is 6.08 Å². The minimum absolute atomic E-state index is 0.0774. The summed E-state index contributed by atoms with van der Waals surface area (Å²) in [5.41, 5.74) is -2.37. The number of halogens is 6. The van der Waals surface area contributed by atoms with Gasteiger partial charge in [0, 0.05) is 13.1 Å². The lowest BCUT2D eigenvalue weighted by atomic mass is 10.1. The molecule has 0 aromatic rings. The molecule has 1 saturated heterocycles. The highest BCUT2D eigenvalue weighted by atomic mass is 19.4. The Kier molecular flexibility index (Phi) is 4.23. The summed E-state index contributed by atoms with van der Waals surface area (Å²) in [5, 5.41) is 0. The van der Waals surface area contributed by atoms with Crippen molar-refractivity contribution in [1.29, 1.82) is 0 Å². The molecule has 0 aliphatic carbocycles. The average molecular weight is 247 g/mol. The molecule has 0 amide bonds. The SMILES string of the molecule is FC(F)=C(C(F)N1CCCCC1)C(F)(F)F. The molecule has 1 rings (SSSR count). The Hall–Kier alpha value is -0.720. The maximum absolute atomic E-state index is 13.4. The molecule has 1 nitrogen and oxygen atoms in total. The molecule has 1 atom stereocenters. The molecular weight excluding hydrogens is 236 g/mol. The standard InChI is InChI=1S/C9H11F6N/c10-7(11)6(9(13,14)15)8(12)16-4-2-1-3-5-16/h8H,1-5H2. The summed E-state index contributed by atoms with van der Waals surface area (Å²) in [6.07, 6.45) is -9.24. The van der Waals surface area contributed by atoms with Crippen LogP contribution in [0.15, 0.2) is 11.7 Å². The second kappa shape index (κ2) is 5.07. The van der Waals surface area contributed by atoms with Crippen molar-refractivity contribution >= 4 is 0 Å². The zero-order chi connectivity index (χ0) is 12.3. The fourth-order valence-corrected chi connectivity index (χ4v) is 1.66. The van der Waals surface area contributed by atoms with Crippen LogP contribution in [-0.2, 0) is 0 Å². The van der Waals surface area contributed by atoms with E-state index in [9.17, 15) is 26.3 Å². The van der Waals surface area contributed by atoms with E-state index in [1.807, 2.05) is 0 Å². The molecule has 16 heavy (non-hydrogen) atoms. The van der Waals surface area contributed by atoms with Crippen LogP contribution in [0.3, 0.4) is 0 Å². The number of hydrogen-bond donors (Lipinski definition) is 0. The van der Waals surface area contributed by atoms with E-state index >= 15 is 0 Å². The molecule has 1 unspecified atom stereocenters. The van der Waals surface area contributed by atoms with Crippen molar-refractivity contribution in [1.82, 2.24) is 4.90 Å². The minimum Gasteiger partial charge on any atom is -0.270 e. The molecule has 0 aromatic carbocycles. The van der Waals surface area contributed by atoms with Gasteiger partial charge >= 0.3 is 6.18 Å². The van der Waals surface area contributed by atoms with Crippen molar-refractivity contribution in [2.75, 3.05) is 13.1 Å². The van der Waals surface area contributed by atoms with Crippen LogP contribution >= 0.6 is 0 Å². The third-order valence-electron chi connectivity index (χ3n) is 2.46. The molecule has 1 heterocycles. The predicted octanol–water partition coefficient (Wildman–Crippen LogP) is 3.48. The first-order valence-electron chi connectivity index (χ1n) is 4.84. The van der Waals surface area contributed by atoms with E-state index in [2.05, 4.69) is 0 Å². The van der Waals surface area contributed by atoms with Gasteiger partial charge in [-0.25, -0.2) is 4.39 Å². The van der Waals surface area contributed by atoms with E-state index in [1.54, 1.807) is 0 Å². The van der Waals surface area contributed by atoms with Crippen LogP contribution < -0.4 is 0 Å². The van der Waals surface area contributed by atoms with Crippen molar-refractivity contribution in [2.24, 2.45) is 0 Å². The minimum atomic E-state index is -5.32. The molecule has 1 aliphatic rings. The molecule has 0 N–H and O–H groups in total. The summed E-state index contributed by atoms with van der Waals surface area (Å²) < 4.78 is 74.1. The average Bonchev–Trinajstić information content (AvgIpc) is 2.16. The number of alkyl halides is 4. The van der Waals surface area contributed by atoms with E-state index in [4.69, 9.17) is 0 Å². The number of likely N-dealkylation sites (tertiary alicyclic amines) is 1. The molecule has 0 aromatic heterocycles. The van der Waals surface area contributed by atoms with E-state index in [1.165, 1.54) is 0 Å². The predicted molar refractivity (Wildman–Crippen MR) is 45.6 cm³/mol. The largest absolute Gasteiger partial charge is 0.421 e. The molecule has 0 spiro atoms. The fraction of sp³-hybridized carbons (Fsp3) is 0.778. The third kappa shape index (κ3) is 3.13. The lowest BCUT2D eigenvalue weighted by molar-refractivity contribution is -0.116. The van der Waals surface area contributed by atoms with E-state index in [-0.39, 0.29) is 13.1 Å². The van der Waals surface area contributed by atoms with E-state index < -0.39 is 24.1 Å². The Balaban J connectivity index is 2.83. The van der Waals surface area contributed by atoms with E-state index in [0.717, 1.165) is 11.3 Å². The van der Waals surface area contributed by atoms with Gasteiger partial charge in [0.2, 0.25) is 0 Å². The van der Waals surface area contributed by atoms with Crippen molar-refractivity contribution in [3.05, 3.63) is 11.7 Å². The molecule has 94 valence electrons. The van der Waals surface area contributed by atoms with Crippen LogP contribution in [0.2, 0.25) is 0 Å². The first-order chi connectivity index (χ1) is 7.34. The van der Waals surface area contributed by atoms with Gasteiger partial charge in [0.1, 0.15) is 5.57 Å². The lowest BCUT2D eigenvalue weighted by Crippen LogP contribution is -2.41. The molecule has 0 saturated carbocycles. The van der Waals surface area contributed by atoms with Gasteiger partial charge in [-0.15, -0.1) is 0 Å². The Morgan fingerprint density at radius 1 is 1.00 bits per heavy atom. The number of rotatable bonds is 2. The van der Waals surface area contributed by atoms with Crippen LogP contribution in [-0.4, -0.2) is 30.5 Å². The smallest absolute Gasteiger partial charge is 0.270 e. The monoisotopic (exact) mass is 247 g/mol. The molecule has 7 heteroatoms. The van der Waals surface area contributed by atoms with Crippen LogP contribution in [0.5, 0.6) is 0 Å². The fourth-order valence-electron chi connectivity index (χ4n) is 1.66. The van der Waals surface area contributed by atoms with Gasteiger partial charge in [0.05, 0.1) is 0 Å². The second-order valence-electron chi connectivity index (χ2n) is 3.60. The topological polar surface area (TPSA) is 3.24 Å². The number of piperidine rings is 1.